The highest BCUT2D eigenvalue weighted by Crippen LogP contribution is 2.36. The fourth-order valence-electron chi connectivity index (χ4n) is 5.30. The maximum atomic E-state index is 13.3. The summed E-state index contributed by atoms with van der Waals surface area (Å²) in [6.07, 6.45) is 11.1. The molecule has 1 saturated carbocycles. The predicted molar refractivity (Wildman–Crippen MR) is 115 cm³/mol. The molecule has 0 aromatic heterocycles. The summed E-state index contributed by atoms with van der Waals surface area (Å²) >= 11 is 6.28. The Labute approximate surface area is 179 Å². The Kier molecular flexibility index (Phi) is 6.52. The molecule has 29 heavy (non-hydrogen) atoms. The number of halogens is 1. The lowest BCUT2D eigenvalue weighted by molar-refractivity contribution is 0.0661. The molecule has 1 aromatic rings. The van der Waals surface area contributed by atoms with Gasteiger partial charge in [0.25, 0.3) is 5.91 Å². The Morgan fingerprint density at radius 2 is 1.59 bits per heavy atom. The number of rotatable bonds is 4. The van der Waals surface area contributed by atoms with Gasteiger partial charge < -0.3 is 4.90 Å². The van der Waals surface area contributed by atoms with Crippen LogP contribution in [0.1, 0.15) is 74.6 Å². The van der Waals surface area contributed by atoms with E-state index >= 15 is 0 Å². The minimum absolute atomic E-state index is 0.0511. The summed E-state index contributed by atoms with van der Waals surface area (Å²) < 4.78 is 27.8. The van der Waals surface area contributed by atoms with Crippen LogP contribution in [0.15, 0.2) is 23.1 Å². The van der Waals surface area contributed by atoms with Gasteiger partial charge in [-0.05, 0) is 62.6 Å². The Morgan fingerprint density at radius 1 is 0.897 bits per heavy atom. The normalized spacial score (nSPS) is 24.7. The van der Waals surface area contributed by atoms with E-state index in [0.29, 0.717) is 30.6 Å². The van der Waals surface area contributed by atoms with Gasteiger partial charge in [-0.3, -0.25) is 4.79 Å². The van der Waals surface area contributed by atoms with E-state index < -0.39 is 10.0 Å². The molecule has 1 aromatic carbocycles. The van der Waals surface area contributed by atoms with Crippen molar-refractivity contribution in [2.75, 3.05) is 19.6 Å². The number of likely N-dealkylation sites (tertiary alicyclic amines) is 1. The second-order valence-electron chi connectivity index (χ2n) is 8.72. The number of hydrogen-bond donors (Lipinski definition) is 0. The molecule has 0 unspecified atom stereocenters. The van der Waals surface area contributed by atoms with Crippen molar-refractivity contribution in [1.82, 2.24) is 9.21 Å². The van der Waals surface area contributed by atoms with Crippen molar-refractivity contribution in [3.8, 4) is 0 Å². The van der Waals surface area contributed by atoms with E-state index in [0.717, 1.165) is 38.6 Å². The van der Waals surface area contributed by atoms with Gasteiger partial charge in [-0.25, -0.2) is 8.42 Å². The second-order valence-corrected chi connectivity index (χ2v) is 11.0. The molecule has 2 heterocycles. The SMILES string of the molecule is O=C(c1ccc(Cl)c(S(=O)(=O)N2CCCCC2)c1)N1CCC[C@H]1C1CCCCC1. The van der Waals surface area contributed by atoms with Crippen LogP contribution in [-0.4, -0.2) is 49.2 Å². The Balaban J connectivity index is 1.58. The fourth-order valence-corrected chi connectivity index (χ4v) is 7.32. The molecule has 1 atom stereocenters. The number of benzene rings is 1. The molecule has 160 valence electrons. The average molecular weight is 439 g/mol. The molecule has 0 N–H and O–H groups in total. The molecule has 3 aliphatic rings. The van der Waals surface area contributed by atoms with E-state index in [1.807, 2.05) is 4.90 Å². The van der Waals surface area contributed by atoms with E-state index in [9.17, 15) is 13.2 Å². The standard InChI is InChI=1S/C22H31ClN2O3S/c23-19-12-11-18(16-21(19)29(27,28)24-13-5-2-6-14-24)22(26)25-15-7-10-20(25)17-8-3-1-4-9-17/h11-12,16-17,20H,1-10,13-15H2/t20-/m0/s1. The Morgan fingerprint density at radius 3 is 2.31 bits per heavy atom. The van der Waals surface area contributed by atoms with Crippen LogP contribution < -0.4 is 0 Å². The smallest absolute Gasteiger partial charge is 0.254 e. The van der Waals surface area contributed by atoms with Crippen LogP contribution in [-0.2, 0) is 10.0 Å². The molecule has 4 rings (SSSR count). The summed E-state index contributed by atoms with van der Waals surface area (Å²) in [7, 11) is -3.68. The Bertz CT molecular complexity index is 846. The number of nitrogens with zero attached hydrogens (tertiary/aromatic N) is 2. The van der Waals surface area contributed by atoms with Crippen LogP contribution >= 0.6 is 11.6 Å². The zero-order chi connectivity index (χ0) is 20.4. The minimum atomic E-state index is -3.68. The number of carbonyl (C=O) groups excluding carboxylic acids is 1. The van der Waals surface area contributed by atoms with Crippen LogP contribution in [0.3, 0.4) is 0 Å². The molecule has 0 spiro atoms. The van der Waals surface area contributed by atoms with Crippen LogP contribution in [0, 0.1) is 5.92 Å². The fraction of sp³-hybridized carbons (Fsp3) is 0.682. The third-order valence-corrected chi connectivity index (χ3v) is 9.25. The molecule has 0 bridgehead atoms. The summed E-state index contributed by atoms with van der Waals surface area (Å²) in [6.45, 7) is 1.80. The molecule has 3 fully saturated rings. The van der Waals surface area contributed by atoms with Crippen molar-refractivity contribution in [1.29, 1.82) is 0 Å². The maximum absolute atomic E-state index is 13.3. The van der Waals surface area contributed by atoms with Crippen molar-refractivity contribution in [3.05, 3.63) is 28.8 Å². The zero-order valence-electron chi connectivity index (χ0n) is 17.0. The summed E-state index contributed by atoms with van der Waals surface area (Å²) in [5.41, 5.74) is 0.438. The molecule has 5 nitrogen and oxygen atoms in total. The second kappa shape index (κ2) is 8.94. The molecule has 1 amide bonds. The highest BCUT2D eigenvalue weighted by Gasteiger charge is 2.36. The topological polar surface area (TPSA) is 57.7 Å². The number of piperidine rings is 1. The van der Waals surface area contributed by atoms with Crippen molar-refractivity contribution < 1.29 is 13.2 Å². The van der Waals surface area contributed by atoms with Gasteiger partial charge in [-0.15, -0.1) is 0 Å². The number of amides is 1. The summed E-state index contributed by atoms with van der Waals surface area (Å²) in [6, 6.07) is 5.04. The van der Waals surface area contributed by atoms with Crippen LogP contribution in [0.2, 0.25) is 5.02 Å². The Hall–Kier alpha value is -1.11. The lowest BCUT2D eigenvalue weighted by Crippen LogP contribution is -2.41. The van der Waals surface area contributed by atoms with Crippen molar-refractivity contribution in [2.24, 2.45) is 5.92 Å². The van der Waals surface area contributed by atoms with Gasteiger partial charge in [0, 0.05) is 31.2 Å². The van der Waals surface area contributed by atoms with E-state index in [1.165, 1.54) is 42.5 Å². The molecule has 0 radical (unpaired) electrons. The van der Waals surface area contributed by atoms with Gasteiger partial charge in [-0.1, -0.05) is 37.3 Å². The average Bonchev–Trinajstić information content (AvgIpc) is 3.24. The predicted octanol–water partition coefficient (Wildman–Crippen LogP) is 4.70. The molecule has 1 aliphatic carbocycles. The minimum Gasteiger partial charge on any atom is -0.335 e. The van der Waals surface area contributed by atoms with Crippen LogP contribution in [0.4, 0.5) is 0 Å². The summed E-state index contributed by atoms with van der Waals surface area (Å²) in [5.74, 6) is 0.531. The highest BCUT2D eigenvalue weighted by molar-refractivity contribution is 7.89. The third-order valence-electron chi connectivity index (χ3n) is 6.87. The third kappa shape index (κ3) is 4.35. The van der Waals surface area contributed by atoms with Gasteiger partial charge in [0.05, 0.1) is 5.02 Å². The largest absolute Gasteiger partial charge is 0.335 e. The first-order valence-corrected chi connectivity index (χ1v) is 12.9. The highest BCUT2D eigenvalue weighted by atomic mass is 35.5. The van der Waals surface area contributed by atoms with E-state index in [1.54, 1.807) is 12.1 Å². The van der Waals surface area contributed by atoms with Gasteiger partial charge in [-0.2, -0.15) is 4.31 Å². The monoisotopic (exact) mass is 438 g/mol. The molecular formula is C22H31ClN2O3S. The zero-order valence-corrected chi connectivity index (χ0v) is 18.6. The van der Waals surface area contributed by atoms with Gasteiger partial charge in [0.15, 0.2) is 0 Å². The summed E-state index contributed by atoms with van der Waals surface area (Å²) in [5, 5.41) is 0.192. The maximum Gasteiger partial charge on any atom is 0.254 e. The quantitative estimate of drug-likeness (QED) is 0.684. The first-order chi connectivity index (χ1) is 14.0. The van der Waals surface area contributed by atoms with E-state index in [-0.39, 0.29) is 15.8 Å². The van der Waals surface area contributed by atoms with Gasteiger partial charge in [0.2, 0.25) is 10.0 Å². The number of sulfonamides is 1. The molecular weight excluding hydrogens is 408 g/mol. The van der Waals surface area contributed by atoms with E-state index in [2.05, 4.69) is 0 Å². The van der Waals surface area contributed by atoms with Crippen LogP contribution in [0.5, 0.6) is 0 Å². The lowest BCUT2D eigenvalue weighted by atomic mass is 9.83. The van der Waals surface area contributed by atoms with E-state index in [4.69, 9.17) is 11.6 Å². The van der Waals surface area contributed by atoms with Crippen molar-refractivity contribution in [3.63, 3.8) is 0 Å². The van der Waals surface area contributed by atoms with Gasteiger partial charge >= 0.3 is 0 Å². The van der Waals surface area contributed by atoms with Gasteiger partial charge in [0.1, 0.15) is 4.90 Å². The molecule has 7 heteroatoms. The first kappa shape index (κ1) is 21.1. The van der Waals surface area contributed by atoms with Crippen molar-refractivity contribution >= 4 is 27.5 Å². The molecule has 2 saturated heterocycles. The lowest BCUT2D eigenvalue weighted by Gasteiger charge is -2.34. The summed E-state index contributed by atoms with van der Waals surface area (Å²) in [4.78, 5) is 15.4. The number of hydrogen-bond acceptors (Lipinski definition) is 3. The van der Waals surface area contributed by atoms with Crippen molar-refractivity contribution in [2.45, 2.75) is 75.1 Å². The van der Waals surface area contributed by atoms with Crippen LogP contribution in [0.25, 0.3) is 0 Å². The number of carbonyl (C=O) groups is 1. The molecule has 2 aliphatic heterocycles. The first-order valence-electron chi connectivity index (χ1n) is 11.1.